The topological polar surface area (TPSA) is 44.4 Å². The number of hydrogen-bond donors (Lipinski definition) is 2. The molecule has 2 fully saturated rings. The molecule has 0 bridgehead atoms. The van der Waals surface area contributed by atoms with E-state index in [1.165, 1.54) is 25.7 Å². The van der Waals surface area contributed by atoms with E-state index in [9.17, 15) is 4.79 Å². The van der Waals surface area contributed by atoms with Gasteiger partial charge in [0.15, 0.2) is 0 Å². The lowest BCUT2D eigenvalue weighted by atomic mass is 9.98. The molecule has 4 heteroatoms. The Morgan fingerprint density at radius 3 is 2.68 bits per heavy atom. The monoisotopic (exact) mass is 267 g/mol. The zero-order valence-corrected chi connectivity index (χ0v) is 12.5. The van der Waals surface area contributed by atoms with Crippen LogP contribution in [-0.2, 0) is 4.79 Å². The molecule has 110 valence electrons. The van der Waals surface area contributed by atoms with Gasteiger partial charge >= 0.3 is 0 Å². The van der Waals surface area contributed by atoms with Crippen molar-refractivity contribution in [3.05, 3.63) is 0 Å². The minimum atomic E-state index is -0.0115. The Labute approximate surface area is 117 Å². The molecule has 0 radical (unpaired) electrons. The third-order valence-electron chi connectivity index (χ3n) is 4.69. The van der Waals surface area contributed by atoms with Crippen LogP contribution in [0.5, 0.6) is 0 Å². The first-order chi connectivity index (χ1) is 9.16. The quantitative estimate of drug-likeness (QED) is 0.790. The van der Waals surface area contributed by atoms with Crippen LogP contribution in [0.4, 0.5) is 0 Å². The van der Waals surface area contributed by atoms with Crippen LogP contribution < -0.4 is 10.6 Å². The number of nitrogens with one attached hydrogen (secondary N) is 2. The molecule has 4 nitrogen and oxygen atoms in total. The van der Waals surface area contributed by atoms with Crippen molar-refractivity contribution in [2.75, 3.05) is 26.7 Å². The van der Waals surface area contributed by atoms with Gasteiger partial charge in [0.05, 0.1) is 6.04 Å². The summed E-state index contributed by atoms with van der Waals surface area (Å²) in [5.41, 5.74) is 0. The average molecular weight is 267 g/mol. The predicted octanol–water partition coefficient (Wildman–Crippen LogP) is 1.37. The van der Waals surface area contributed by atoms with Gasteiger partial charge in [-0.25, -0.2) is 0 Å². The zero-order chi connectivity index (χ0) is 13.7. The van der Waals surface area contributed by atoms with Gasteiger partial charge < -0.3 is 10.6 Å². The summed E-state index contributed by atoms with van der Waals surface area (Å²) in [4.78, 5) is 14.4. The summed E-state index contributed by atoms with van der Waals surface area (Å²) in [5, 5.41) is 6.64. The van der Waals surface area contributed by atoms with Crippen LogP contribution in [-0.4, -0.2) is 49.6 Å². The number of carbonyl (C=O) groups excluding carboxylic acids is 1. The first kappa shape index (κ1) is 14.8. The highest BCUT2D eigenvalue weighted by molar-refractivity contribution is 5.81. The Morgan fingerprint density at radius 1 is 1.32 bits per heavy atom. The molecule has 1 amide bonds. The standard InChI is InChI=1S/C15H29N3O/c1-12(15(19)17-14-7-3-4-8-14)18(2)11-13-6-5-9-16-10-13/h12-14,16H,3-11H2,1-2H3,(H,17,19). The van der Waals surface area contributed by atoms with Gasteiger partial charge in [-0.05, 0) is 58.7 Å². The second-order valence-corrected chi connectivity index (χ2v) is 6.32. The molecule has 2 atom stereocenters. The van der Waals surface area contributed by atoms with E-state index in [0.29, 0.717) is 12.0 Å². The zero-order valence-electron chi connectivity index (χ0n) is 12.5. The smallest absolute Gasteiger partial charge is 0.237 e. The highest BCUT2D eigenvalue weighted by atomic mass is 16.2. The fraction of sp³-hybridized carbons (Fsp3) is 0.933. The first-order valence-electron chi connectivity index (χ1n) is 7.88. The molecule has 0 spiro atoms. The average Bonchev–Trinajstić information content (AvgIpc) is 2.91. The molecule has 1 heterocycles. The molecule has 2 aliphatic rings. The largest absolute Gasteiger partial charge is 0.352 e. The molecule has 19 heavy (non-hydrogen) atoms. The van der Waals surface area contributed by atoms with Crippen LogP contribution in [0.15, 0.2) is 0 Å². The van der Waals surface area contributed by atoms with Crippen LogP contribution in [0.25, 0.3) is 0 Å². The summed E-state index contributed by atoms with van der Waals surface area (Å²) in [6.45, 7) is 5.30. The molecular formula is C15H29N3O. The third kappa shape index (κ3) is 4.46. The maximum atomic E-state index is 12.2. The van der Waals surface area contributed by atoms with Crippen LogP contribution in [0.3, 0.4) is 0 Å². The van der Waals surface area contributed by atoms with E-state index in [1.807, 2.05) is 6.92 Å². The van der Waals surface area contributed by atoms with Gasteiger partial charge in [-0.3, -0.25) is 9.69 Å². The lowest BCUT2D eigenvalue weighted by molar-refractivity contribution is -0.126. The van der Waals surface area contributed by atoms with E-state index in [2.05, 4.69) is 22.6 Å². The minimum Gasteiger partial charge on any atom is -0.352 e. The number of piperidine rings is 1. The Hall–Kier alpha value is -0.610. The minimum absolute atomic E-state index is 0.0115. The van der Waals surface area contributed by atoms with Gasteiger partial charge in [-0.15, -0.1) is 0 Å². The number of nitrogens with zero attached hydrogens (tertiary/aromatic N) is 1. The number of hydrogen-bond acceptors (Lipinski definition) is 3. The molecule has 1 aliphatic heterocycles. The fourth-order valence-corrected chi connectivity index (χ4v) is 3.24. The SMILES string of the molecule is CC(C(=O)NC1CCCC1)N(C)CC1CCCNC1. The van der Waals surface area contributed by atoms with Gasteiger partial charge in [0.25, 0.3) is 0 Å². The Morgan fingerprint density at radius 2 is 2.05 bits per heavy atom. The van der Waals surface area contributed by atoms with Crippen molar-refractivity contribution in [3.63, 3.8) is 0 Å². The van der Waals surface area contributed by atoms with Crippen molar-refractivity contribution in [2.24, 2.45) is 5.92 Å². The van der Waals surface area contributed by atoms with Crippen LogP contribution >= 0.6 is 0 Å². The second kappa shape index (κ2) is 7.25. The molecule has 2 N–H and O–H groups in total. The fourth-order valence-electron chi connectivity index (χ4n) is 3.24. The van der Waals surface area contributed by atoms with Crippen molar-refractivity contribution in [1.82, 2.24) is 15.5 Å². The summed E-state index contributed by atoms with van der Waals surface area (Å²) >= 11 is 0. The second-order valence-electron chi connectivity index (χ2n) is 6.32. The molecule has 1 saturated heterocycles. The molecule has 1 saturated carbocycles. The molecule has 1 aliphatic carbocycles. The molecular weight excluding hydrogens is 238 g/mol. The maximum absolute atomic E-state index is 12.2. The van der Waals surface area contributed by atoms with E-state index in [1.54, 1.807) is 0 Å². The van der Waals surface area contributed by atoms with Crippen molar-refractivity contribution < 1.29 is 4.79 Å². The molecule has 0 aromatic heterocycles. The molecule has 0 aromatic carbocycles. The van der Waals surface area contributed by atoms with Crippen molar-refractivity contribution in [2.45, 2.75) is 57.5 Å². The Kier molecular flexibility index (Phi) is 5.64. The summed E-state index contributed by atoms with van der Waals surface area (Å²) in [7, 11) is 2.08. The highest BCUT2D eigenvalue weighted by Crippen LogP contribution is 2.18. The molecule has 0 aromatic rings. The van der Waals surface area contributed by atoms with E-state index in [4.69, 9.17) is 0 Å². The lowest BCUT2D eigenvalue weighted by Crippen LogP contribution is -2.48. The molecule has 2 rings (SSSR count). The van der Waals surface area contributed by atoms with Crippen molar-refractivity contribution in [3.8, 4) is 0 Å². The van der Waals surface area contributed by atoms with Gasteiger partial charge in [0.1, 0.15) is 0 Å². The third-order valence-corrected chi connectivity index (χ3v) is 4.69. The summed E-state index contributed by atoms with van der Waals surface area (Å²) in [5.74, 6) is 0.902. The summed E-state index contributed by atoms with van der Waals surface area (Å²) < 4.78 is 0. The predicted molar refractivity (Wildman–Crippen MR) is 78.1 cm³/mol. The van der Waals surface area contributed by atoms with Crippen LogP contribution in [0.2, 0.25) is 0 Å². The number of rotatable bonds is 5. The lowest BCUT2D eigenvalue weighted by Gasteiger charge is -2.31. The Bertz CT molecular complexity index is 283. The van der Waals surface area contributed by atoms with Crippen molar-refractivity contribution in [1.29, 1.82) is 0 Å². The normalized spacial score (nSPS) is 26.6. The number of amides is 1. The van der Waals surface area contributed by atoms with Crippen LogP contribution in [0.1, 0.15) is 45.4 Å². The van der Waals surface area contributed by atoms with E-state index in [0.717, 1.165) is 32.5 Å². The van der Waals surface area contributed by atoms with E-state index < -0.39 is 0 Å². The summed E-state index contributed by atoms with van der Waals surface area (Å²) in [6, 6.07) is 0.419. The van der Waals surface area contributed by atoms with Crippen LogP contribution in [0, 0.1) is 5.92 Å². The maximum Gasteiger partial charge on any atom is 0.237 e. The van der Waals surface area contributed by atoms with Crippen molar-refractivity contribution >= 4 is 5.91 Å². The number of likely N-dealkylation sites (N-methyl/N-ethyl adjacent to an activating group) is 1. The molecule has 2 unspecified atom stereocenters. The van der Waals surface area contributed by atoms with E-state index >= 15 is 0 Å². The van der Waals surface area contributed by atoms with Gasteiger partial charge in [-0.2, -0.15) is 0 Å². The Balaban J connectivity index is 1.73. The first-order valence-corrected chi connectivity index (χ1v) is 7.88. The van der Waals surface area contributed by atoms with Gasteiger partial charge in [0.2, 0.25) is 5.91 Å². The number of carbonyl (C=O) groups is 1. The van der Waals surface area contributed by atoms with Gasteiger partial charge in [-0.1, -0.05) is 12.8 Å². The van der Waals surface area contributed by atoms with E-state index in [-0.39, 0.29) is 11.9 Å². The summed E-state index contributed by atoms with van der Waals surface area (Å²) in [6.07, 6.45) is 7.41. The highest BCUT2D eigenvalue weighted by Gasteiger charge is 2.25. The van der Waals surface area contributed by atoms with Gasteiger partial charge in [0, 0.05) is 12.6 Å².